The van der Waals surface area contributed by atoms with Crippen LogP contribution in [0, 0.1) is 5.92 Å². The lowest BCUT2D eigenvalue weighted by Gasteiger charge is -2.41. The van der Waals surface area contributed by atoms with Crippen LogP contribution in [0.4, 0.5) is 13.2 Å². The predicted molar refractivity (Wildman–Crippen MR) is 125 cm³/mol. The first kappa shape index (κ1) is 26.9. The van der Waals surface area contributed by atoms with Gasteiger partial charge in [-0.05, 0) is 77.6 Å². The SMILES string of the molecule is CC(C)N1CCN(C(=O)[C@H]2CC[C@H](N(C(C)C)S(=O)(=O)c3ccc(C(F)(F)F)cc3)CC2)CC1. The van der Waals surface area contributed by atoms with Gasteiger partial charge >= 0.3 is 6.18 Å². The number of hydrogen-bond donors (Lipinski definition) is 0. The monoisotopic (exact) mass is 503 g/mol. The number of benzene rings is 1. The second-order valence-corrected chi connectivity index (χ2v) is 11.8. The zero-order chi connectivity index (χ0) is 25.3. The van der Waals surface area contributed by atoms with E-state index in [2.05, 4.69) is 18.7 Å². The maximum Gasteiger partial charge on any atom is 0.416 e. The first-order valence-corrected chi connectivity index (χ1v) is 13.5. The lowest BCUT2D eigenvalue weighted by molar-refractivity contribution is -0.139. The molecule has 0 spiro atoms. The number of amides is 1. The van der Waals surface area contributed by atoms with Crippen LogP contribution in [0.25, 0.3) is 0 Å². The zero-order valence-corrected chi connectivity index (χ0v) is 21.2. The Morgan fingerprint density at radius 3 is 1.91 bits per heavy atom. The van der Waals surface area contributed by atoms with Crippen molar-refractivity contribution >= 4 is 15.9 Å². The molecule has 3 rings (SSSR count). The molecule has 1 saturated carbocycles. The number of piperazine rings is 1. The Morgan fingerprint density at radius 2 is 1.47 bits per heavy atom. The molecular weight excluding hydrogens is 467 g/mol. The molecule has 1 aromatic carbocycles. The maximum atomic E-state index is 13.3. The molecule has 0 unspecified atom stereocenters. The molecule has 10 heteroatoms. The van der Waals surface area contributed by atoms with E-state index in [0.717, 1.165) is 50.4 Å². The Labute approximate surface area is 201 Å². The van der Waals surface area contributed by atoms with E-state index >= 15 is 0 Å². The highest BCUT2D eigenvalue weighted by Gasteiger charge is 2.39. The minimum absolute atomic E-state index is 0.107. The largest absolute Gasteiger partial charge is 0.416 e. The number of alkyl halides is 3. The van der Waals surface area contributed by atoms with Crippen LogP contribution in [0.3, 0.4) is 0 Å². The van der Waals surface area contributed by atoms with Gasteiger partial charge in [-0.25, -0.2) is 8.42 Å². The normalized spacial score (nSPS) is 23.2. The number of sulfonamides is 1. The highest BCUT2D eigenvalue weighted by atomic mass is 32.2. The Kier molecular flexibility index (Phi) is 8.35. The van der Waals surface area contributed by atoms with Gasteiger partial charge in [-0.1, -0.05) is 0 Å². The standard InChI is InChI=1S/C24H36F3N3O3S/c1-17(2)28-13-15-29(16-14-28)23(31)19-5-9-21(10-6-19)30(18(3)4)34(32,33)22-11-7-20(8-12-22)24(25,26)27/h7-8,11-12,17-19,21H,5-6,9-10,13-16H2,1-4H3/t19-,21-. The third-order valence-electron chi connectivity index (χ3n) is 7.03. The average molecular weight is 504 g/mol. The summed E-state index contributed by atoms with van der Waals surface area (Å²) in [6, 6.07) is 3.49. The zero-order valence-electron chi connectivity index (χ0n) is 20.4. The fourth-order valence-corrected chi connectivity index (χ4v) is 7.01. The molecule has 0 aromatic heterocycles. The molecule has 0 N–H and O–H groups in total. The summed E-state index contributed by atoms with van der Waals surface area (Å²) in [4.78, 5) is 17.2. The highest BCUT2D eigenvalue weighted by molar-refractivity contribution is 7.89. The van der Waals surface area contributed by atoms with Gasteiger partial charge in [-0.15, -0.1) is 0 Å². The summed E-state index contributed by atoms with van der Waals surface area (Å²) in [6.45, 7) is 11.0. The number of nitrogens with zero attached hydrogens (tertiary/aromatic N) is 3. The topological polar surface area (TPSA) is 60.9 Å². The minimum atomic E-state index is -4.52. The van der Waals surface area contributed by atoms with Gasteiger partial charge in [-0.3, -0.25) is 9.69 Å². The number of carbonyl (C=O) groups is 1. The van der Waals surface area contributed by atoms with Crippen molar-refractivity contribution < 1.29 is 26.4 Å². The molecule has 0 radical (unpaired) electrons. The van der Waals surface area contributed by atoms with Crippen LogP contribution in [0.2, 0.25) is 0 Å². The smallest absolute Gasteiger partial charge is 0.340 e. The molecule has 2 aliphatic rings. The van der Waals surface area contributed by atoms with Crippen LogP contribution in [0.15, 0.2) is 29.2 Å². The van der Waals surface area contributed by atoms with Crippen LogP contribution in [-0.2, 0) is 21.0 Å². The van der Waals surface area contributed by atoms with Crippen molar-refractivity contribution in [3.63, 3.8) is 0 Å². The molecule has 1 aliphatic carbocycles. The number of rotatable bonds is 6. The Morgan fingerprint density at radius 1 is 0.941 bits per heavy atom. The second kappa shape index (κ2) is 10.5. The number of carbonyl (C=O) groups excluding carboxylic acids is 1. The van der Waals surface area contributed by atoms with Crippen molar-refractivity contribution in [1.29, 1.82) is 0 Å². The second-order valence-electron chi connectivity index (χ2n) is 9.91. The maximum absolute atomic E-state index is 13.3. The van der Waals surface area contributed by atoms with Crippen LogP contribution in [-0.4, -0.2) is 72.7 Å². The summed E-state index contributed by atoms with van der Waals surface area (Å²) in [5, 5.41) is 0. The van der Waals surface area contributed by atoms with Gasteiger partial charge < -0.3 is 4.90 Å². The van der Waals surface area contributed by atoms with Crippen molar-refractivity contribution in [1.82, 2.24) is 14.1 Å². The average Bonchev–Trinajstić information content (AvgIpc) is 2.78. The Hall–Kier alpha value is -1.65. The van der Waals surface area contributed by atoms with E-state index in [4.69, 9.17) is 0 Å². The molecule has 1 heterocycles. The highest BCUT2D eigenvalue weighted by Crippen LogP contribution is 2.35. The molecule has 1 aromatic rings. The van der Waals surface area contributed by atoms with Crippen molar-refractivity contribution in [2.24, 2.45) is 5.92 Å². The molecule has 34 heavy (non-hydrogen) atoms. The van der Waals surface area contributed by atoms with Crippen LogP contribution in [0.1, 0.15) is 58.9 Å². The van der Waals surface area contributed by atoms with Crippen molar-refractivity contribution in [2.75, 3.05) is 26.2 Å². The van der Waals surface area contributed by atoms with E-state index in [0.29, 0.717) is 31.7 Å². The van der Waals surface area contributed by atoms with Crippen molar-refractivity contribution in [3.8, 4) is 0 Å². The van der Waals surface area contributed by atoms with Gasteiger partial charge in [0.05, 0.1) is 10.5 Å². The summed E-state index contributed by atoms with van der Waals surface area (Å²) in [5.74, 6) is 0.0492. The van der Waals surface area contributed by atoms with Crippen LogP contribution < -0.4 is 0 Å². The quantitative estimate of drug-likeness (QED) is 0.583. The summed E-state index contributed by atoms with van der Waals surface area (Å²) in [5.41, 5.74) is -0.879. The molecule has 0 bridgehead atoms. The van der Waals surface area contributed by atoms with Gasteiger partial charge in [0.25, 0.3) is 0 Å². The van der Waals surface area contributed by atoms with Crippen molar-refractivity contribution in [3.05, 3.63) is 29.8 Å². The lowest BCUT2D eigenvalue weighted by Crippen LogP contribution is -2.53. The van der Waals surface area contributed by atoms with Crippen LogP contribution >= 0.6 is 0 Å². The first-order valence-electron chi connectivity index (χ1n) is 12.1. The summed E-state index contributed by atoms with van der Waals surface area (Å²) >= 11 is 0. The van der Waals surface area contributed by atoms with Gasteiger partial charge in [0.15, 0.2) is 0 Å². The molecule has 2 fully saturated rings. The molecule has 1 amide bonds. The van der Waals surface area contributed by atoms with E-state index < -0.39 is 21.8 Å². The predicted octanol–water partition coefficient (Wildman–Crippen LogP) is 4.22. The fraction of sp³-hybridized carbons (Fsp3) is 0.708. The van der Waals surface area contributed by atoms with E-state index in [1.807, 2.05) is 4.90 Å². The van der Waals surface area contributed by atoms with Gasteiger partial charge in [0.2, 0.25) is 15.9 Å². The first-order chi connectivity index (χ1) is 15.8. The third-order valence-corrected chi connectivity index (χ3v) is 9.17. The molecule has 1 aliphatic heterocycles. The van der Waals surface area contributed by atoms with E-state index in [9.17, 15) is 26.4 Å². The van der Waals surface area contributed by atoms with Crippen molar-refractivity contribution in [2.45, 2.75) is 82.6 Å². The Balaban J connectivity index is 1.65. The lowest BCUT2D eigenvalue weighted by atomic mass is 9.84. The van der Waals surface area contributed by atoms with E-state index in [1.54, 1.807) is 13.8 Å². The molecule has 192 valence electrons. The fourth-order valence-electron chi connectivity index (χ4n) is 5.13. The molecule has 6 nitrogen and oxygen atoms in total. The summed E-state index contributed by atoms with van der Waals surface area (Å²) in [6.07, 6.45) is -2.19. The number of halogens is 3. The third kappa shape index (κ3) is 5.94. The number of hydrogen-bond acceptors (Lipinski definition) is 4. The van der Waals surface area contributed by atoms with Crippen LogP contribution in [0.5, 0.6) is 0 Å². The molecule has 0 atom stereocenters. The van der Waals surface area contributed by atoms with E-state index in [1.165, 1.54) is 4.31 Å². The van der Waals surface area contributed by atoms with Gasteiger partial charge in [0, 0.05) is 50.2 Å². The van der Waals surface area contributed by atoms with E-state index in [-0.39, 0.29) is 28.8 Å². The Bertz CT molecular complexity index is 932. The molecule has 1 saturated heterocycles. The summed E-state index contributed by atoms with van der Waals surface area (Å²) < 4.78 is 66.8. The summed E-state index contributed by atoms with van der Waals surface area (Å²) in [7, 11) is -3.97. The van der Waals surface area contributed by atoms with Gasteiger partial charge in [0.1, 0.15) is 0 Å². The molecular formula is C24H36F3N3O3S. The van der Waals surface area contributed by atoms with Gasteiger partial charge in [-0.2, -0.15) is 17.5 Å². The minimum Gasteiger partial charge on any atom is -0.340 e.